The summed E-state index contributed by atoms with van der Waals surface area (Å²) >= 11 is 0. The van der Waals surface area contributed by atoms with Crippen molar-refractivity contribution in [2.75, 3.05) is 0 Å². The second kappa shape index (κ2) is 5.77. The van der Waals surface area contributed by atoms with Gasteiger partial charge in [0.2, 0.25) is 0 Å². The van der Waals surface area contributed by atoms with Crippen LogP contribution in [0.15, 0.2) is 37.3 Å². The molecule has 4 heteroatoms. The van der Waals surface area contributed by atoms with Crippen molar-refractivity contribution in [1.82, 2.24) is 0 Å². The van der Waals surface area contributed by atoms with Crippen molar-refractivity contribution in [2.24, 2.45) is 0 Å². The quantitative estimate of drug-likeness (QED) is 0.373. The molecule has 0 atom stereocenters. The Morgan fingerprint density at radius 3 is 2.15 bits per heavy atom. The van der Waals surface area contributed by atoms with Crippen LogP contribution in [0.25, 0.3) is 0 Å². The minimum atomic E-state index is -0.673. The van der Waals surface area contributed by atoms with Crippen LogP contribution < -0.4 is 0 Å². The van der Waals surface area contributed by atoms with Crippen molar-refractivity contribution in [2.45, 2.75) is 6.92 Å². The lowest BCUT2D eigenvalue weighted by Crippen LogP contribution is -2.04. The van der Waals surface area contributed by atoms with Gasteiger partial charge in [0.15, 0.2) is 0 Å². The third-order valence-electron chi connectivity index (χ3n) is 1.05. The van der Waals surface area contributed by atoms with E-state index in [1.807, 2.05) is 0 Å². The summed E-state index contributed by atoms with van der Waals surface area (Å²) < 4.78 is 8.76. The second-order valence-electron chi connectivity index (χ2n) is 2.00. The van der Waals surface area contributed by atoms with Crippen LogP contribution in [-0.4, -0.2) is 11.9 Å². The molecular weight excluding hydrogens is 172 g/mol. The third kappa shape index (κ3) is 4.58. The van der Waals surface area contributed by atoms with E-state index in [1.54, 1.807) is 0 Å². The predicted molar refractivity (Wildman–Crippen MR) is 46.3 cm³/mol. The minimum absolute atomic E-state index is 0.131. The first-order chi connectivity index (χ1) is 6.11. The Kier molecular flexibility index (Phi) is 4.95. The molecular formula is C9H10O4. The smallest absolute Gasteiger partial charge is 0.338 e. The Morgan fingerprint density at radius 2 is 1.69 bits per heavy atom. The Balaban J connectivity index is 4.29. The van der Waals surface area contributed by atoms with Gasteiger partial charge in [-0.1, -0.05) is 13.2 Å². The summed E-state index contributed by atoms with van der Waals surface area (Å²) in [6.07, 6.45) is 2.97. The van der Waals surface area contributed by atoms with Crippen molar-refractivity contribution in [3.63, 3.8) is 0 Å². The molecule has 0 bridgehead atoms. The van der Waals surface area contributed by atoms with Gasteiger partial charge >= 0.3 is 11.9 Å². The van der Waals surface area contributed by atoms with Gasteiger partial charge in [-0.15, -0.1) is 0 Å². The molecule has 0 aliphatic rings. The van der Waals surface area contributed by atoms with Gasteiger partial charge in [0.25, 0.3) is 0 Å². The number of rotatable bonds is 4. The predicted octanol–water partition coefficient (Wildman–Crippen LogP) is 1.31. The zero-order valence-electron chi connectivity index (χ0n) is 7.28. The average molecular weight is 182 g/mol. The van der Waals surface area contributed by atoms with Crippen LogP contribution in [0.5, 0.6) is 0 Å². The molecule has 0 aromatic carbocycles. The molecule has 0 spiro atoms. The zero-order chi connectivity index (χ0) is 10.3. The first-order valence-corrected chi connectivity index (χ1v) is 3.43. The van der Waals surface area contributed by atoms with E-state index in [-0.39, 0.29) is 5.57 Å². The van der Waals surface area contributed by atoms with Gasteiger partial charge in [0, 0.05) is 11.6 Å². The molecule has 0 aromatic heterocycles. The van der Waals surface area contributed by atoms with Gasteiger partial charge < -0.3 is 9.47 Å². The van der Waals surface area contributed by atoms with Crippen molar-refractivity contribution in [1.29, 1.82) is 0 Å². The van der Waals surface area contributed by atoms with Crippen molar-refractivity contribution >= 4 is 11.9 Å². The maximum atomic E-state index is 10.9. The number of hydrogen-bond acceptors (Lipinski definition) is 4. The molecule has 0 aliphatic carbocycles. The van der Waals surface area contributed by atoms with Crippen LogP contribution in [0.1, 0.15) is 6.92 Å². The number of carbonyl (C=O) groups is 2. The average Bonchev–Trinajstić information content (AvgIpc) is 2.05. The summed E-state index contributed by atoms with van der Waals surface area (Å²) in [5, 5.41) is 0. The number of hydrogen-bond donors (Lipinski definition) is 0. The highest BCUT2D eigenvalue weighted by Gasteiger charge is 2.06. The van der Waals surface area contributed by atoms with Crippen molar-refractivity contribution < 1.29 is 19.1 Å². The highest BCUT2D eigenvalue weighted by Crippen LogP contribution is 1.97. The summed E-state index contributed by atoms with van der Waals surface area (Å²) in [5.74, 6) is -1.32. The van der Waals surface area contributed by atoms with Gasteiger partial charge in [-0.05, 0) is 6.92 Å². The fourth-order valence-corrected chi connectivity index (χ4v) is 0.520. The molecule has 13 heavy (non-hydrogen) atoms. The molecule has 0 radical (unpaired) electrons. The molecule has 0 rings (SSSR count). The SMILES string of the molecule is C=COC(=O)/C=C(/C)C(=O)OC=C. The molecule has 0 unspecified atom stereocenters. The zero-order valence-corrected chi connectivity index (χ0v) is 7.28. The van der Waals surface area contributed by atoms with Crippen molar-refractivity contribution in [3.05, 3.63) is 37.3 Å². The highest BCUT2D eigenvalue weighted by atomic mass is 16.5. The first kappa shape index (κ1) is 11.2. The normalized spacial score (nSPS) is 10.1. The number of carbonyl (C=O) groups excluding carboxylic acids is 2. The molecule has 0 aliphatic heterocycles. The summed E-state index contributed by atoms with van der Waals surface area (Å²) in [5.41, 5.74) is 0.131. The topological polar surface area (TPSA) is 52.6 Å². The lowest BCUT2D eigenvalue weighted by molar-refractivity contribution is -0.135. The Morgan fingerprint density at radius 1 is 1.15 bits per heavy atom. The Labute approximate surface area is 76.1 Å². The third-order valence-corrected chi connectivity index (χ3v) is 1.05. The highest BCUT2D eigenvalue weighted by molar-refractivity contribution is 5.96. The lowest BCUT2D eigenvalue weighted by atomic mass is 10.3. The van der Waals surface area contributed by atoms with Gasteiger partial charge in [-0.25, -0.2) is 9.59 Å². The van der Waals surface area contributed by atoms with E-state index in [4.69, 9.17) is 0 Å². The van der Waals surface area contributed by atoms with Gasteiger partial charge in [0.05, 0.1) is 12.5 Å². The van der Waals surface area contributed by atoms with Gasteiger partial charge in [-0.3, -0.25) is 0 Å². The van der Waals surface area contributed by atoms with E-state index in [9.17, 15) is 9.59 Å². The fraction of sp³-hybridized carbons (Fsp3) is 0.111. The monoisotopic (exact) mass is 182 g/mol. The van der Waals surface area contributed by atoms with E-state index in [0.29, 0.717) is 0 Å². The first-order valence-electron chi connectivity index (χ1n) is 3.43. The summed E-state index contributed by atoms with van der Waals surface area (Å²) in [6, 6.07) is 0. The molecule has 70 valence electrons. The molecule has 0 aromatic rings. The van der Waals surface area contributed by atoms with E-state index in [0.717, 1.165) is 18.6 Å². The maximum absolute atomic E-state index is 10.9. The van der Waals surface area contributed by atoms with Gasteiger partial charge in [-0.2, -0.15) is 0 Å². The standard InChI is InChI=1S/C9H10O4/c1-4-12-8(10)6-7(3)9(11)13-5-2/h4-6H,1-2H2,3H3/b7-6-. The van der Waals surface area contributed by atoms with Crippen LogP contribution in [0.2, 0.25) is 0 Å². The summed E-state index contributed by atoms with van der Waals surface area (Å²) in [6.45, 7) is 7.81. The van der Waals surface area contributed by atoms with Crippen LogP contribution >= 0.6 is 0 Å². The van der Waals surface area contributed by atoms with Gasteiger partial charge in [0.1, 0.15) is 0 Å². The van der Waals surface area contributed by atoms with E-state index in [2.05, 4.69) is 22.6 Å². The fourth-order valence-electron chi connectivity index (χ4n) is 0.520. The molecule has 0 heterocycles. The molecule has 0 fully saturated rings. The van der Waals surface area contributed by atoms with Crippen molar-refractivity contribution in [3.8, 4) is 0 Å². The molecule has 0 amide bonds. The summed E-state index contributed by atoms with van der Waals surface area (Å²) in [7, 11) is 0. The number of esters is 2. The molecule has 0 saturated carbocycles. The van der Waals surface area contributed by atoms with Crippen LogP contribution in [-0.2, 0) is 19.1 Å². The largest absolute Gasteiger partial charge is 0.432 e. The van der Waals surface area contributed by atoms with Crippen LogP contribution in [0.3, 0.4) is 0 Å². The van der Waals surface area contributed by atoms with E-state index < -0.39 is 11.9 Å². The maximum Gasteiger partial charge on any atom is 0.338 e. The van der Waals surface area contributed by atoms with Crippen LogP contribution in [0.4, 0.5) is 0 Å². The van der Waals surface area contributed by atoms with E-state index in [1.165, 1.54) is 6.92 Å². The van der Waals surface area contributed by atoms with E-state index >= 15 is 0 Å². The Bertz CT molecular complexity index is 263. The molecule has 0 saturated heterocycles. The van der Waals surface area contributed by atoms with Crippen LogP contribution in [0, 0.1) is 0 Å². The lowest BCUT2D eigenvalue weighted by Gasteiger charge is -1.97. The molecule has 4 nitrogen and oxygen atoms in total. The second-order valence-corrected chi connectivity index (χ2v) is 2.00. The Hall–Kier alpha value is -1.84. The number of ether oxygens (including phenoxy) is 2. The molecule has 0 N–H and O–H groups in total. The minimum Gasteiger partial charge on any atom is -0.432 e. The summed E-state index contributed by atoms with van der Waals surface area (Å²) in [4.78, 5) is 21.6.